The molecule has 0 fully saturated rings. The fourth-order valence-corrected chi connectivity index (χ4v) is 2.87. The van der Waals surface area contributed by atoms with Gasteiger partial charge in [-0.25, -0.2) is 0 Å². The number of hydrogen-bond acceptors (Lipinski definition) is 31. The molecule has 0 aliphatic carbocycles. The van der Waals surface area contributed by atoms with Gasteiger partial charge in [0.05, 0.1) is 132 Å². The molecule has 0 unspecified atom stereocenters. The molecule has 0 spiro atoms. The lowest BCUT2D eigenvalue weighted by Crippen LogP contribution is -2.15. The van der Waals surface area contributed by atoms with Crippen molar-refractivity contribution in [3.05, 3.63) is 0 Å². The van der Waals surface area contributed by atoms with Crippen molar-refractivity contribution in [3.63, 3.8) is 0 Å². The molecular weight excluding hydrogens is 1060 g/mol. The van der Waals surface area contributed by atoms with Crippen molar-refractivity contribution >= 4 is 5.97 Å². The smallest absolute Gasteiger partial charge is 0.303 e. The molecule has 0 saturated heterocycles. The number of carbonyl (C=O) groups is 1. The Bertz CT molecular complexity index is 724. The van der Waals surface area contributed by atoms with Gasteiger partial charge in [0.1, 0.15) is 61.0 Å². The predicted molar refractivity (Wildman–Crippen MR) is 280 cm³/mol. The predicted octanol–water partition coefficient (Wildman–Crippen LogP) is -11.1. The van der Waals surface area contributed by atoms with E-state index in [0.717, 1.165) is 12.8 Å². The van der Waals surface area contributed by atoms with E-state index in [1.165, 1.54) is 70.6 Å². The van der Waals surface area contributed by atoms with Gasteiger partial charge >= 0.3 is 5.97 Å². The van der Waals surface area contributed by atoms with E-state index in [1.54, 1.807) is 0 Å². The van der Waals surface area contributed by atoms with E-state index >= 15 is 0 Å². The number of hydrogen-bond donors (Lipinski definition) is 31. The molecule has 0 aliphatic rings. The second-order valence-corrected chi connectivity index (χ2v) is 15.6. The molecule has 0 amide bonds. The molecule has 0 saturated carbocycles. The van der Waals surface area contributed by atoms with Gasteiger partial charge in [-0.2, -0.15) is 0 Å². The summed E-state index contributed by atoms with van der Waals surface area (Å²) in [4.78, 5) is 10.3. The summed E-state index contributed by atoms with van der Waals surface area (Å²) in [6.45, 7) is -5.03. The monoisotopic (exact) mass is 1180 g/mol. The van der Waals surface area contributed by atoms with Crippen molar-refractivity contribution in [2.45, 2.75) is 158 Å². The Morgan fingerprint density at radius 3 is 0.397 bits per heavy atom. The number of unbranched alkanes of at least 4 members (excludes halogenated alkanes) is 12. The number of aliphatic hydroxyl groups is 30. The van der Waals surface area contributed by atoms with Crippen LogP contribution in [0.4, 0.5) is 0 Å². The minimum absolute atomic E-state index is 0.345. The fourth-order valence-electron chi connectivity index (χ4n) is 2.87. The Kier molecular flexibility index (Phi) is 127. The number of carboxylic acids is 1. The molecule has 31 N–H and O–H groups in total. The van der Waals surface area contributed by atoms with Crippen LogP contribution >= 0.6 is 0 Å². The van der Waals surface area contributed by atoms with Gasteiger partial charge in [0.25, 0.3) is 0 Å². The van der Waals surface area contributed by atoms with Gasteiger partial charge in [-0.1, -0.05) is 84.0 Å². The van der Waals surface area contributed by atoms with Gasteiger partial charge in [-0.3, -0.25) is 4.79 Å². The molecule has 0 bridgehead atoms. The number of aliphatic hydroxyl groups excluding tert-OH is 30. The molecule has 0 aliphatic heterocycles. The van der Waals surface area contributed by atoms with Gasteiger partial charge in [0.15, 0.2) is 0 Å². The first-order valence-electron chi connectivity index (χ1n) is 25.1. The minimum atomic E-state index is -0.954. The highest BCUT2D eigenvalue weighted by Gasteiger charge is 2.00. The summed E-state index contributed by atoms with van der Waals surface area (Å²) >= 11 is 0. The van der Waals surface area contributed by atoms with Crippen LogP contribution in [0.3, 0.4) is 0 Å². The molecular formula is C46H112O32. The van der Waals surface area contributed by atoms with Crippen LogP contribution in [0.1, 0.15) is 96.8 Å². The standard InChI is InChI=1S/C16H32O2.10C3H8O3/c1-2-3-4-5-6-7-8-9-10-11-12-13-14-15-16(17)18;10*4-1-3(6)2-5/h2-15H2,1H3,(H,17,18);10*3-6H,1-2H2. The van der Waals surface area contributed by atoms with Gasteiger partial charge in [0.2, 0.25) is 0 Å². The summed E-state index contributed by atoms with van der Waals surface area (Å²) in [5.41, 5.74) is 0. The second kappa shape index (κ2) is 97.5. The minimum Gasteiger partial charge on any atom is -0.481 e. The van der Waals surface area contributed by atoms with Crippen LogP contribution in [0.2, 0.25) is 0 Å². The van der Waals surface area contributed by atoms with Crippen LogP contribution in [-0.4, -0.2) is 357 Å². The van der Waals surface area contributed by atoms with Crippen LogP contribution in [0.25, 0.3) is 0 Å². The lowest BCUT2D eigenvalue weighted by atomic mass is 10.0. The molecule has 0 aromatic heterocycles. The molecule has 0 rings (SSSR count). The van der Waals surface area contributed by atoms with Crippen molar-refractivity contribution in [3.8, 4) is 0 Å². The summed E-state index contributed by atoms with van der Waals surface area (Å²) in [6, 6.07) is 0. The maximum Gasteiger partial charge on any atom is 0.303 e. The Balaban J connectivity index is -0.0000000728. The van der Waals surface area contributed by atoms with Crippen molar-refractivity contribution in [2.24, 2.45) is 0 Å². The maximum absolute atomic E-state index is 10.3. The van der Waals surface area contributed by atoms with Crippen LogP contribution in [0.15, 0.2) is 0 Å². The Morgan fingerprint density at radius 2 is 0.321 bits per heavy atom. The summed E-state index contributed by atoms with van der Waals surface area (Å²) in [5.74, 6) is -0.655. The summed E-state index contributed by atoms with van der Waals surface area (Å²) < 4.78 is 0. The number of aliphatic carboxylic acids is 1. The van der Waals surface area contributed by atoms with Crippen LogP contribution in [-0.2, 0) is 4.79 Å². The lowest BCUT2D eigenvalue weighted by Gasteiger charge is -2.02. The van der Waals surface area contributed by atoms with Crippen molar-refractivity contribution < 1.29 is 163 Å². The molecule has 0 atom stereocenters. The Hall–Kier alpha value is -1.73. The van der Waals surface area contributed by atoms with Crippen molar-refractivity contribution in [2.75, 3.05) is 132 Å². The van der Waals surface area contributed by atoms with E-state index in [-0.39, 0.29) is 132 Å². The van der Waals surface area contributed by atoms with Crippen LogP contribution in [0.5, 0.6) is 0 Å². The van der Waals surface area contributed by atoms with Crippen LogP contribution in [0, 0.1) is 0 Å². The zero-order chi connectivity index (χ0) is 63.4. The third-order valence-corrected chi connectivity index (χ3v) is 7.71. The zero-order valence-corrected chi connectivity index (χ0v) is 45.6. The highest BCUT2D eigenvalue weighted by Crippen LogP contribution is 2.12. The second-order valence-electron chi connectivity index (χ2n) is 15.6. The molecule has 32 nitrogen and oxygen atoms in total. The highest BCUT2D eigenvalue weighted by molar-refractivity contribution is 5.66. The van der Waals surface area contributed by atoms with Gasteiger partial charge in [0, 0.05) is 6.42 Å². The van der Waals surface area contributed by atoms with Crippen LogP contribution < -0.4 is 0 Å². The number of carboxylic acid groups (broad SMARTS) is 1. The summed E-state index contributed by atoms with van der Waals surface area (Å²) in [6.07, 6.45) is 7.73. The quantitative estimate of drug-likeness (QED) is 0.0266. The van der Waals surface area contributed by atoms with Gasteiger partial charge in [-0.15, -0.1) is 0 Å². The van der Waals surface area contributed by atoms with Gasteiger partial charge in [-0.05, 0) is 6.42 Å². The van der Waals surface area contributed by atoms with E-state index in [1.807, 2.05) is 0 Å². The fraction of sp³-hybridized carbons (Fsp3) is 0.978. The first-order valence-corrected chi connectivity index (χ1v) is 25.1. The maximum atomic E-state index is 10.3. The third-order valence-electron chi connectivity index (χ3n) is 7.71. The van der Waals surface area contributed by atoms with Gasteiger partial charge < -0.3 is 158 Å². The first-order chi connectivity index (χ1) is 36.9. The molecule has 0 heterocycles. The SMILES string of the molecule is CCCCCCCCCCCCCCCC(=O)O.OCC(O)CO.OCC(O)CO.OCC(O)CO.OCC(O)CO.OCC(O)CO.OCC(O)CO.OCC(O)CO.OCC(O)CO.OCC(O)CO.OCC(O)CO. The summed E-state index contributed by atoms with van der Waals surface area (Å²) in [7, 11) is 0. The lowest BCUT2D eigenvalue weighted by molar-refractivity contribution is -0.137. The molecule has 0 aromatic carbocycles. The first kappa shape index (κ1) is 101. The highest BCUT2D eigenvalue weighted by atomic mass is 16.4. The topological polar surface area (TPSA) is 644 Å². The molecule has 0 aromatic rings. The third kappa shape index (κ3) is 141. The Labute approximate surface area is 458 Å². The van der Waals surface area contributed by atoms with E-state index < -0.39 is 67.0 Å². The largest absolute Gasteiger partial charge is 0.481 e. The average molecular weight is 1180 g/mol. The van der Waals surface area contributed by atoms with E-state index in [4.69, 9.17) is 158 Å². The van der Waals surface area contributed by atoms with E-state index in [0.29, 0.717) is 6.42 Å². The molecule has 32 heteroatoms. The van der Waals surface area contributed by atoms with E-state index in [9.17, 15) is 4.79 Å². The average Bonchev–Trinajstić information content (AvgIpc) is 3.49. The molecule has 488 valence electrons. The van der Waals surface area contributed by atoms with E-state index in [2.05, 4.69) is 6.92 Å². The normalized spacial score (nSPS) is 10.2. The molecule has 0 radical (unpaired) electrons. The van der Waals surface area contributed by atoms with Crippen molar-refractivity contribution in [1.29, 1.82) is 0 Å². The Morgan fingerprint density at radius 1 is 0.218 bits per heavy atom. The van der Waals surface area contributed by atoms with Crippen molar-refractivity contribution in [1.82, 2.24) is 0 Å². The number of rotatable bonds is 34. The molecule has 78 heavy (non-hydrogen) atoms. The zero-order valence-electron chi connectivity index (χ0n) is 45.6. The summed E-state index contributed by atoms with van der Waals surface area (Å²) in [5, 5.41) is 249.